The topological polar surface area (TPSA) is 38.3 Å². The molecule has 1 aromatic rings. The fraction of sp³-hybridized carbons (Fsp3) is 0.583. The largest absolute Gasteiger partial charge is 0.460 e. The molecule has 0 radical (unpaired) electrons. The van der Waals surface area contributed by atoms with E-state index < -0.39 is 0 Å². The van der Waals surface area contributed by atoms with Gasteiger partial charge in [0, 0.05) is 13.1 Å². The van der Waals surface area contributed by atoms with Gasteiger partial charge >= 0.3 is 5.97 Å². The summed E-state index contributed by atoms with van der Waals surface area (Å²) in [7, 11) is 0. The van der Waals surface area contributed by atoms with Gasteiger partial charge in [0.1, 0.15) is 5.60 Å². The summed E-state index contributed by atoms with van der Waals surface area (Å²) in [4.78, 5) is 11.4. The molecule has 16 heavy (non-hydrogen) atoms. The van der Waals surface area contributed by atoms with Crippen molar-refractivity contribution in [2.24, 2.45) is 0 Å². The molecule has 1 aromatic heterocycles. The summed E-state index contributed by atoms with van der Waals surface area (Å²) in [6.45, 7) is 7.11. The van der Waals surface area contributed by atoms with E-state index in [1.807, 2.05) is 26.2 Å². The molecule has 0 aliphatic heterocycles. The second-order valence-corrected chi connectivity index (χ2v) is 5.42. The van der Waals surface area contributed by atoms with Crippen molar-refractivity contribution in [2.75, 3.05) is 6.54 Å². The smallest absolute Gasteiger partial charge is 0.307 e. The summed E-state index contributed by atoms with van der Waals surface area (Å²) in [6.07, 6.45) is 0.418. The lowest BCUT2D eigenvalue weighted by atomic mass is 10.2. The minimum atomic E-state index is -0.384. The average Bonchev–Trinajstić information content (AvgIpc) is 2.62. The molecular formula is C12H19NO2S. The Balaban J connectivity index is 2.09. The Hall–Kier alpha value is -0.870. The molecule has 1 N–H and O–H groups in total. The first-order valence-corrected chi connectivity index (χ1v) is 6.35. The molecule has 0 unspecified atom stereocenters. The molecule has 90 valence electrons. The van der Waals surface area contributed by atoms with Crippen molar-refractivity contribution in [3.63, 3.8) is 0 Å². The van der Waals surface area contributed by atoms with Crippen LogP contribution in [0.25, 0.3) is 0 Å². The first-order valence-electron chi connectivity index (χ1n) is 5.41. The molecule has 0 aromatic carbocycles. The van der Waals surface area contributed by atoms with Crippen LogP contribution in [0.5, 0.6) is 0 Å². The Kier molecular flexibility index (Phi) is 4.96. The Morgan fingerprint density at radius 1 is 1.50 bits per heavy atom. The second-order valence-electron chi connectivity index (χ2n) is 4.64. The number of carbonyl (C=O) groups excluding carboxylic acids is 1. The summed E-state index contributed by atoms with van der Waals surface area (Å²) in [5.74, 6) is -0.148. The van der Waals surface area contributed by atoms with Crippen LogP contribution in [0.2, 0.25) is 0 Å². The minimum Gasteiger partial charge on any atom is -0.460 e. The zero-order valence-corrected chi connectivity index (χ0v) is 10.9. The van der Waals surface area contributed by atoms with E-state index in [9.17, 15) is 4.79 Å². The van der Waals surface area contributed by atoms with E-state index in [0.717, 1.165) is 6.54 Å². The van der Waals surface area contributed by atoms with Gasteiger partial charge in [0.2, 0.25) is 0 Å². The van der Waals surface area contributed by atoms with Crippen LogP contribution >= 0.6 is 11.3 Å². The van der Waals surface area contributed by atoms with Crippen molar-refractivity contribution in [3.05, 3.63) is 22.4 Å². The Morgan fingerprint density at radius 3 is 2.81 bits per heavy atom. The summed E-state index contributed by atoms with van der Waals surface area (Å²) < 4.78 is 5.20. The summed E-state index contributed by atoms with van der Waals surface area (Å²) in [6, 6.07) is 2.07. The molecule has 0 spiro atoms. The highest BCUT2D eigenvalue weighted by atomic mass is 32.1. The average molecular weight is 241 g/mol. The fourth-order valence-electron chi connectivity index (χ4n) is 1.21. The van der Waals surface area contributed by atoms with E-state index >= 15 is 0 Å². The number of rotatable bonds is 5. The van der Waals surface area contributed by atoms with Crippen molar-refractivity contribution in [1.29, 1.82) is 0 Å². The van der Waals surface area contributed by atoms with Gasteiger partial charge in [0.25, 0.3) is 0 Å². The van der Waals surface area contributed by atoms with Gasteiger partial charge < -0.3 is 10.1 Å². The molecule has 0 saturated heterocycles. The maximum atomic E-state index is 11.4. The number of ether oxygens (including phenoxy) is 1. The van der Waals surface area contributed by atoms with E-state index in [0.29, 0.717) is 13.0 Å². The van der Waals surface area contributed by atoms with Crippen molar-refractivity contribution in [2.45, 2.75) is 39.3 Å². The molecule has 0 fully saturated rings. The van der Waals surface area contributed by atoms with Gasteiger partial charge in [-0.15, -0.1) is 0 Å². The molecule has 0 aliphatic carbocycles. The van der Waals surface area contributed by atoms with Gasteiger partial charge in [-0.05, 0) is 43.2 Å². The Bertz CT molecular complexity index is 314. The number of carbonyl (C=O) groups is 1. The SMILES string of the molecule is CC(C)(C)OC(=O)CCNCc1ccsc1. The molecule has 0 saturated carbocycles. The van der Waals surface area contributed by atoms with Crippen LogP contribution in [0.1, 0.15) is 32.8 Å². The molecule has 4 heteroatoms. The Labute approximate surface area is 101 Å². The third-order valence-corrected chi connectivity index (χ3v) is 2.57. The number of hydrogen-bond acceptors (Lipinski definition) is 4. The second kappa shape index (κ2) is 6.01. The first kappa shape index (κ1) is 13.2. The van der Waals surface area contributed by atoms with Crippen molar-refractivity contribution >= 4 is 17.3 Å². The molecule has 3 nitrogen and oxygen atoms in total. The predicted octanol–water partition coefficient (Wildman–Crippen LogP) is 2.57. The maximum absolute atomic E-state index is 11.4. The number of hydrogen-bond donors (Lipinski definition) is 1. The predicted molar refractivity (Wildman–Crippen MR) is 66.5 cm³/mol. The van der Waals surface area contributed by atoms with Crippen LogP contribution in [0.15, 0.2) is 16.8 Å². The van der Waals surface area contributed by atoms with E-state index in [1.54, 1.807) is 11.3 Å². The lowest BCUT2D eigenvalue weighted by molar-refractivity contribution is -0.154. The molecular weight excluding hydrogens is 222 g/mol. The van der Waals surface area contributed by atoms with Gasteiger partial charge in [-0.2, -0.15) is 11.3 Å². The molecule has 0 bridgehead atoms. The summed E-state index contributed by atoms with van der Waals surface area (Å²) >= 11 is 1.68. The van der Waals surface area contributed by atoms with Crippen LogP contribution in [0.4, 0.5) is 0 Å². The number of thiophene rings is 1. The zero-order valence-electron chi connectivity index (χ0n) is 10.1. The highest BCUT2D eigenvalue weighted by Crippen LogP contribution is 2.08. The Morgan fingerprint density at radius 2 is 2.25 bits per heavy atom. The first-order chi connectivity index (χ1) is 7.47. The molecule has 0 aliphatic rings. The third kappa shape index (κ3) is 5.88. The lowest BCUT2D eigenvalue weighted by Gasteiger charge is -2.19. The third-order valence-electron chi connectivity index (χ3n) is 1.84. The van der Waals surface area contributed by atoms with Crippen molar-refractivity contribution < 1.29 is 9.53 Å². The van der Waals surface area contributed by atoms with Crippen molar-refractivity contribution in [1.82, 2.24) is 5.32 Å². The van der Waals surface area contributed by atoms with Crippen LogP contribution in [0, 0.1) is 0 Å². The maximum Gasteiger partial charge on any atom is 0.307 e. The normalized spacial score (nSPS) is 11.4. The van der Waals surface area contributed by atoms with Crippen molar-refractivity contribution in [3.8, 4) is 0 Å². The molecule has 1 heterocycles. The van der Waals surface area contributed by atoms with Crippen LogP contribution in [-0.4, -0.2) is 18.1 Å². The van der Waals surface area contributed by atoms with Gasteiger partial charge in [-0.25, -0.2) is 0 Å². The zero-order chi connectivity index (χ0) is 12.0. The van der Waals surface area contributed by atoms with Gasteiger partial charge in [-0.1, -0.05) is 0 Å². The van der Waals surface area contributed by atoms with Crippen LogP contribution in [0.3, 0.4) is 0 Å². The van der Waals surface area contributed by atoms with E-state index in [4.69, 9.17) is 4.74 Å². The van der Waals surface area contributed by atoms with Crippen LogP contribution < -0.4 is 5.32 Å². The minimum absolute atomic E-state index is 0.148. The van der Waals surface area contributed by atoms with Gasteiger partial charge in [0.05, 0.1) is 6.42 Å². The lowest BCUT2D eigenvalue weighted by Crippen LogP contribution is -2.26. The molecule has 0 amide bonds. The fourth-order valence-corrected chi connectivity index (χ4v) is 1.88. The van der Waals surface area contributed by atoms with E-state index in [2.05, 4.69) is 16.8 Å². The number of esters is 1. The highest BCUT2D eigenvalue weighted by Gasteiger charge is 2.15. The van der Waals surface area contributed by atoms with Gasteiger partial charge in [0.15, 0.2) is 0 Å². The monoisotopic (exact) mass is 241 g/mol. The van der Waals surface area contributed by atoms with E-state index in [-0.39, 0.29) is 11.6 Å². The standard InChI is InChI=1S/C12H19NO2S/c1-12(2,3)15-11(14)4-6-13-8-10-5-7-16-9-10/h5,7,9,13H,4,6,8H2,1-3H3. The quantitative estimate of drug-likeness (QED) is 0.636. The summed E-state index contributed by atoms with van der Waals surface area (Å²) in [5, 5.41) is 7.35. The highest BCUT2D eigenvalue weighted by molar-refractivity contribution is 7.07. The van der Waals surface area contributed by atoms with E-state index in [1.165, 1.54) is 5.56 Å². The van der Waals surface area contributed by atoms with Gasteiger partial charge in [-0.3, -0.25) is 4.79 Å². The summed E-state index contributed by atoms with van der Waals surface area (Å²) in [5.41, 5.74) is 0.874. The molecule has 0 atom stereocenters. The van der Waals surface area contributed by atoms with Crippen LogP contribution in [-0.2, 0) is 16.1 Å². The number of nitrogens with one attached hydrogen (secondary N) is 1. The molecule has 1 rings (SSSR count).